The van der Waals surface area contributed by atoms with E-state index in [-0.39, 0.29) is 0 Å². The third-order valence-corrected chi connectivity index (χ3v) is 2.35. The smallest absolute Gasteiger partial charge is 0.411 e. The van der Waals surface area contributed by atoms with Crippen molar-refractivity contribution in [2.24, 2.45) is 0 Å². The van der Waals surface area contributed by atoms with Gasteiger partial charge in [0.2, 0.25) is 0 Å². The highest BCUT2D eigenvalue weighted by atomic mass is 16.5. The molecule has 4 nitrogen and oxygen atoms in total. The van der Waals surface area contributed by atoms with Crippen molar-refractivity contribution in [2.45, 2.75) is 20.3 Å². The molecule has 0 saturated carbocycles. The summed E-state index contributed by atoms with van der Waals surface area (Å²) in [4.78, 5) is 12.5. The van der Waals surface area contributed by atoms with Gasteiger partial charge in [0.05, 0.1) is 13.2 Å². The molecular formula is C13H19NO3. The van der Waals surface area contributed by atoms with Crippen LogP contribution in [-0.2, 0) is 4.74 Å². The van der Waals surface area contributed by atoms with Crippen molar-refractivity contribution in [3.8, 4) is 0 Å². The van der Waals surface area contributed by atoms with Gasteiger partial charge in [0.25, 0.3) is 0 Å². The Morgan fingerprint density at radius 1 is 1.41 bits per heavy atom. The maximum absolute atomic E-state index is 11.1. The molecule has 17 heavy (non-hydrogen) atoms. The van der Waals surface area contributed by atoms with Crippen molar-refractivity contribution < 1.29 is 14.6 Å². The Morgan fingerprint density at radius 3 is 2.76 bits per heavy atom. The molecule has 0 radical (unpaired) electrons. The molecule has 0 aromatic heterocycles. The van der Waals surface area contributed by atoms with Gasteiger partial charge >= 0.3 is 6.09 Å². The average molecular weight is 237 g/mol. The van der Waals surface area contributed by atoms with Crippen LogP contribution in [0.5, 0.6) is 0 Å². The first-order chi connectivity index (χ1) is 8.15. The minimum absolute atomic E-state index is 0.360. The lowest BCUT2D eigenvalue weighted by Crippen LogP contribution is -2.32. The van der Waals surface area contributed by atoms with Gasteiger partial charge in [0.1, 0.15) is 0 Å². The van der Waals surface area contributed by atoms with Crippen LogP contribution in [0, 0.1) is 6.92 Å². The molecule has 1 aromatic rings. The van der Waals surface area contributed by atoms with Crippen LogP contribution in [0.3, 0.4) is 0 Å². The highest BCUT2D eigenvalue weighted by molar-refractivity contribution is 5.86. The van der Waals surface area contributed by atoms with Gasteiger partial charge in [-0.15, -0.1) is 0 Å². The molecule has 4 heteroatoms. The maximum Gasteiger partial charge on any atom is 0.411 e. The van der Waals surface area contributed by atoms with E-state index in [0.29, 0.717) is 25.4 Å². The number of anilines is 1. The molecule has 1 aromatic carbocycles. The summed E-state index contributed by atoms with van der Waals surface area (Å²) in [6.07, 6.45) is -0.00645. The van der Waals surface area contributed by atoms with Crippen LogP contribution >= 0.6 is 0 Å². The lowest BCUT2D eigenvalue weighted by atomic mass is 10.2. The molecule has 0 heterocycles. The second kappa shape index (κ2) is 6.91. The molecule has 0 saturated heterocycles. The molecule has 0 atom stereocenters. The number of rotatable bonds is 6. The Morgan fingerprint density at radius 2 is 2.18 bits per heavy atom. The number of hydrogen-bond donors (Lipinski definition) is 1. The Bertz CT molecular complexity index is 365. The van der Waals surface area contributed by atoms with E-state index in [1.54, 1.807) is 6.07 Å². The third-order valence-electron chi connectivity index (χ3n) is 2.35. The minimum Gasteiger partial charge on any atom is -0.465 e. The van der Waals surface area contributed by atoms with Gasteiger partial charge in [-0.3, -0.25) is 4.90 Å². The van der Waals surface area contributed by atoms with Gasteiger partial charge < -0.3 is 9.84 Å². The molecule has 0 fully saturated rings. The molecule has 0 unspecified atom stereocenters. The normalized spacial score (nSPS) is 10.2. The monoisotopic (exact) mass is 237 g/mol. The van der Waals surface area contributed by atoms with Gasteiger partial charge in [-0.05, 0) is 31.0 Å². The summed E-state index contributed by atoms with van der Waals surface area (Å²) < 4.78 is 5.31. The number of ether oxygens (including phenoxy) is 1. The number of nitrogens with zero attached hydrogens (tertiary/aromatic N) is 1. The second-order valence-corrected chi connectivity index (χ2v) is 3.89. The van der Waals surface area contributed by atoms with Crippen molar-refractivity contribution >= 4 is 11.8 Å². The quantitative estimate of drug-likeness (QED) is 0.774. The van der Waals surface area contributed by atoms with E-state index in [1.807, 2.05) is 32.0 Å². The number of aryl methyl sites for hydroxylation is 1. The molecule has 0 aliphatic rings. The summed E-state index contributed by atoms with van der Waals surface area (Å²) in [5, 5.41) is 9.14. The predicted octanol–water partition coefficient (Wildman–Crippen LogP) is 2.91. The summed E-state index contributed by atoms with van der Waals surface area (Å²) in [5.41, 5.74) is 1.74. The molecule has 1 amide bonds. The summed E-state index contributed by atoms with van der Waals surface area (Å²) >= 11 is 0. The van der Waals surface area contributed by atoms with Crippen LogP contribution < -0.4 is 4.90 Å². The second-order valence-electron chi connectivity index (χ2n) is 3.89. The van der Waals surface area contributed by atoms with Gasteiger partial charge in [0, 0.05) is 12.3 Å². The Labute approximate surface area is 102 Å². The number of amides is 1. The molecule has 0 bridgehead atoms. The molecule has 94 valence electrons. The summed E-state index contributed by atoms with van der Waals surface area (Å²) in [7, 11) is 0. The van der Waals surface area contributed by atoms with E-state index in [1.165, 1.54) is 4.90 Å². The van der Waals surface area contributed by atoms with Crippen LogP contribution in [-0.4, -0.2) is 31.0 Å². The van der Waals surface area contributed by atoms with Crippen LogP contribution in [0.15, 0.2) is 24.3 Å². The lowest BCUT2D eigenvalue weighted by molar-refractivity contribution is 0.138. The van der Waals surface area contributed by atoms with Crippen LogP contribution in [0.2, 0.25) is 0 Å². The molecule has 0 aliphatic heterocycles. The van der Waals surface area contributed by atoms with E-state index < -0.39 is 6.09 Å². The Hall–Kier alpha value is -1.55. The first kappa shape index (κ1) is 13.5. The predicted molar refractivity (Wildman–Crippen MR) is 67.7 cm³/mol. The summed E-state index contributed by atoms with van der Waals surface area (Å²) in [6, 6.07) is 7.44. The van der Waals surface area contributed by atoms with Gasteiger partial charge in [-0.2, -0.15) is 0 Å². The van der Waals surface area contributed by atoms with Crippen molar-refractivity contribution in [3.05, 3.63) is 29.8 Å². The Balaban J connectivity index is 2.63. The lowest BCUT2D eigenvalue weighted by Gasteiger charge is -2.19. The molecule has 0 spiro atoms. The molecule has 1 rings (SSSR count). The van der Waals surface area contributed by atoms with Gasteiger partial charge in [-0.25, -0.2) is 4.79 Å². The van der Waals surface area contributed by atoms with Crippen molar-refractivity contribution in [1.82, 2.24) is 0 Å². The van der Waals surface area contributed by atoms with Gasteiger partial charge in [0.15, 0.2) is 0 Å². The van der Waals surface area contributed by atoms with E-state index in [4.69, 9.17) is 9.84 Å². The zero-order valence-corrected chi connectivity index (χ0v) is 10.3. The Kier molecular flexibility index (Phi) is 5.49. The molecular weight excluding hydrogens is 218 g/mol. The van der Waals surface area contributed by atoms with E-state index in [0.717, 1.165) is 12.0 Å². The van der Waals surface area contributed by atoms with Crippen LogP contribution in [0.4, 0.5) is 10.5 Å². The van der Waals surface area contributed by atoms with Gasteiger partial charge in [-0.1, -0.05) is 19.1 Å². The third kappa shape index (κ3) is 4.44. The van der Waals surface area contributed by atoms with E-state index >= 15 is 0 Å². The average Bonchev–Trinajstić information content (AvgIpc) is 2.28. The fraction of sp³-hybridized carbons (Fsp3) is 0.462. The fourth-order valence-electron chi connectivity index (χ4n) is 1.53. The summed E-state index contributed by atoms with van der Waals surface area (Å²) in [6.45, 7) is 5.42. The molecule has 0 aliphatic carbocycles. The minimum atomic E-state index is -0.948. The zero-order valence-electron chi connectivity index (χ0n) is 10.3. The number of carboxylic acid groups (broad SMARTS) is 1. The largest absolute Gasteiger partial charge is 0.465 e. The first-order valence-corrected chi connectivity index (χ1v) is 5.80. The number of carbonyl (C=O) groups is 1. The van der Waals surface area contributed by atoms with Crippen molar-refractivity contribution in [1.29, 1.82) is 0 Å². The topological polar surface area (TPSA) is 49.8 Å². The number of benzene rings is 1. The van der Waals surface area contributed by atoms with E-state index in [2.05, 4.69) is 0 Å². The van der Waals surface area contributed by atoms with Crippen molar-refractivity contribution in [3.63, 3.8) is 0 Å². The molecule has 1 N–H and O–H groups in total. The standard InChI is InChI=1S/C13H19NO3/c1-3-8-17-9-7-14(13(15)16)12-6-4-5-11(2)10-12/h4-6,10H,3,7-9H2,1-2H3,(H,15,16). The maximum atomic E-state index is 11.1. The number of hydrogen-bond acceptors (Lipinski definition) is 2. The van der Waals surface area contributed by atoms with Crippen LogP contribution in [0.25, 0.3) is 0 Å². The SMILES string of the molecule is CCCOCCN(C(=O)O)c1cccc(C)c1. The first-order valence-electron chi connectivity index (χ1n) is 5.80. The fourth-order valence-corrected chi connectivity index (χ4v) is 1.53. The van der Waals surface area contributed by atoms with E-state index in [9.17, 15) is 4.79 Å². The van der Waals surface area contributed by atoms with Crippen molar-refractivity contribution in [2.75, 3.05) is 24.7 Å². The summed E-state index contributed by atoms with van der Waals surface area (Å²) in [5.74, 6) is 0. The van der Waals surface area contributed by atoms with Crippen LogP contribution in [0.1, 0.15) is 18.9 Å². The highest BCUT2D eigenvalue weighted by Gasteiger charge is 2.13. The highest BCUT2D eigenvalue weighted by Crippen LogP contribution is 2.15. The zero-order chi connectivity index (χ0) is 12.7.